The van der Waals surface area contributed by atoms with E-state index in [1.807, 2.05) is 0 Å². The van der Waals surface area contributed by atoms with Gasteiger partial charge in [-0.25, -0.2) is 33.2 Å². The molecule has 1 fully saturated rings. The number of rotatable bonds is 3. The highest BCUT2D eigenvalue weighted by molar-refractivity contribution is 5.90. The molecule has 4 heterocycles. The molecule has 3 aromatic heterocycles. The summed E-state index contributed by atoms with van der Waals surface area (Å²) in [6, 6.07) is 0.570. The topological polar surface area (TPSA) is 126 Å². The number of anilines is 1. The lowest BCUT2D eigenvalue weighted by Gasteiger charge is -2.28. The molecular weight excluding hydrogens is 522 g/mol. The molecule has 1 aromatic carbocycles. The molecule has 0 radical (unpaired) electrons. The fourth-order valence-corrected chi connectivity index (χ4v) is 4.95. The molecule has 1 aliphatic rings. The van der Waals surface area contributed by atoms with Gasteiger partial charge in [0.2, 0.25) is 0 Å². The first-order valence-electron chi connectivity index (χ1n) is 12.7. The van der Waals surface area contributed by atoms with Crippen LogP contribution in [0.4, 0.5) is 19.4 Å². The molecule has 210 valence electrons. The van der Waals surface area contributed by atoms with E-state index in [4.69, 9.17) is 15.2 Å². The van der Waals surface area contributed by atoms with Crippen LogP contribution in [-0.4, -0.2) is 72.2 Å². The standard InChI is InChI=1S/C27H30F2N8O3/c1-14-33-20-10-18(28)17(22(29)23(20)35(14)5)7-8-19-21-24(30)31-13-32-25(21)37(34-19)15-9-16(12-39-6)36(11-15)26(38)40-27(2,3)4/h10,13,15-16H,9,11-12H2,1-6H3,(H2,30,31,32)/t15-,16+/m0/s1. The SMILES string of the molecule is COC[C@H]1C[C@H](n2nc(C#Cc3c(F)cc4nc(C)n(C)c4c3F)c3c(N)ncnc32)CN1C(=O)OC(C)(C)C. The smallest absolute Gasteiger partial charge is 0.410 e. The van der Waals surface area contributed by atoms with Gasteiger partial charge >= 0.3 is 6.09 Å². The number of methoxy groups -OCH3 is 1. The third kappa shape index (κ3) is 4.79. The molecule has 11 nitrogen and oxygen atoms in total. The number of nitrogens with two attached hydrogens (primary N) is 1. The van der Waals surface area contributed by atoms with E-state index in [9.17, 15) is 9.18 Å². The Balaban J connectivity index is 1.56. The Morgan fingerprint density at radius 3 is 2.70 bits per heavy atom. The number of fused-ring (bicyclic) bond motifs is 2. The van der Waals surface area contributed by atoms with E-state index in [0.717, 1.165) is 6.07 Å². The van der Waals surface area contributed by atoms with E-state index in [1.54, 1.807) is 51.4 Å². The van der Waals surface area contributed by atoms with Crippen LogP contribution in [0, 0.1) is 30.4 Å². The second-order valence-electron chi connectivity index (χ2n) is 10.8. The Morgan fingerprint density at radius 2 is 2.00 bits per heavy atom. The van der Waals surface area contributed by atoms with Gasteiger partial charge in [-0.3, -0.25) is 0 Å². The van der Waals surface area contributed by atoms with Crippen LogP contribution in [-0.2, 0) is 16.5 Å². The van der Waals surface area contributed by atoms with Crippen LogP contribution in [0.3, 0.4) is 0 Å². The van der Waals surface area contributed by atoms with Gasteiger partial charge in [-0.15, -0.1) is 0 Å². The third-order valence-corrected chi connectivity index (χ3v) is 6.82. The Bertz CT molecular complexity index is 1700. The summed E-state index contributed by atoms with van der Waals surface area (Å²) in [5.41, 5.74) is 6.00. The molecule has 1 saturated heterocycles. The van der Waals surface area contributed by atoms with Crippen LogP contribution >= 0.6 is 0 Å². The van der Waals surface area contributed by atoms with Gasteiger partial charge in [0.25, 0.3) is 0 Å². The van der Waals surface area contributed by atoms with Crippen molar-refractivity contribution in [3.05, 3.63) is 41.1 Å². The van der Waals surface area contributed by atoms with Gasteiger partial charge in [-0.2, -0.15) is 5.10 Å². The van der Waals surface area contributed by atoms with E-state index in [2.05, 4.69) is 31.9 Å². The van der Waals surface area contributed by atoms with Crippen LogP contribution < -0.4 is 5.73 Å². The van der Waals surface area contributed by atoms with E-state index in [-0.39, 0.29) is 41.2 Å². The van der Waals surface area contributed by atoms with E-state index >= 15 is 4.39 Å². The van der Waals surface area contributed by atoms with Crippen molar-refractivity contribution in [3.8, 4) is 11.8 Å². The molecule has 0 unspecified atom stereocenters. The van der Waals surface area contributed by atoms with Gasteiger partial charge in [0.15, 0.2) is 11.5 Å². The van der Waals surface area contributed by atoms with Crippen molar-refractivity contribution in [1.82, 2.24) is 34.2 Å². The summed E-state index contributed by atoms with van der Waals surface area (Å²) in [7, 11) is 3.21. The number of amides is 1. The first-order valence-corrected chi connectivity index (χ1v) is 12.7. The number of imidazole rings is 1. The molecule has 0 spiro atoms. The molecule has 40 heavy (non-hydrogen) atoms. The van der Waals surface area contributed by atoms with Crippen LogP contribution in [0.2, 0.25) is 0 Å². The Morgan fingerprint density at radius 1 is 1.25 bits per heavy atom. The van der Waals surface area contributed by atoms with Crippen molar-refractivity contribution in [2.45, 2.75) is 51.8 Å². The second kappa shape index (κ2) is 10.0. The highest BCUT2D eigenvalue weighted by Gasteiger charge is 2.39. The summed E-state index contributed by atoms with van der Waals surface area (Å²) in [5.74, 6) is 4.39. The normalized spacial score (nSPS) is 17.4. The lowest BCUT2D eigenvalue weighted by atomic mass is 10.1. The molecule has 1 amide bonds. The maximum atomic E-state index is 15.4. The molecule has 0 aliphatic carbocycles. The number of aromatic nitrogens is 6. The molecule has 1 aliphatic heterocycles. The molecule has 13 heteroatoms. The number of likely N-dealkylation sites (tertiary alicyclic amines) is 1. The molecule has 5 rings (SSSR count). The van der Waals surface area contributed by atoms with Crippen LogP contribution in [0.5, 0.6) is 0 Å². The number of carbonyl (C=O) groups excluding carboxylic acids is 1. The predicted octanol–water partition coefficient (Wildman–Crippen LogP) is 3.48. The number of aryl methyl sites for hydroxylation is 2. The minimum absolute atomic E-state index is 0.120. The summed E-state index contributed by atoms with van der Waals surface area (Å²) >= 11 is 0. The molecule has 2 N–H and O–H groups in total. The van der Waals surface area contributed by atoms with E-state index in [1.165, 1.54) is 10.9 Å². The highest BCUT2D eigenvalue weighted by Crippen LogP contribution is 2.33. The van der Waals surface area contributed by atoms with E-state index < -0.39 is 28.9 Å². The number of nitrogens with zero attached hydrogens (tertiary/aromatic N) is 7. The Hall–Kier alpha value is -4.31. The van der Waals surface area contributed by atoms with Crippen molar-refractivity contribution in [3.63, 3.8) is 0 Å². The summed E-state index contributed by atoms with van der Waals surface area (Å²) < 4.78 is 44.4. The zero-order valence-corrected chi connectivity index (χ0v) is 23.1. The average Bonchev–Trinajstić information content (AvgIpc) is 3.53. The van der Waals surface area contributed by atoms with Gasteiger partial charge in [-0.1, -0.05) is 5.92 Å². The average molecular weight is 553 g/mol. The lowest BCUT2D eigenvalue weighted by molar-refractivity contribution is 0.0145. The Labute approximate surface area is 229 Å². The number of ether oxygens (including phenoxy) is 2. The molecule has 0 bridgehead atoms. The number of halogens is 2. The number of hydrogen-bond acceptors (Lipinski definition) is 8. The summed E-state index contributed by atoms with van der Waals surface area (Å²) in [4.78, 5) is 27.2. The maximum Gasteiger partial charge on any atom is 0.410 e. The largest absolute Gasteiger partial charge is 0.444 e. The minimum atomic E-state index is -0.838. The zero-order valence-electron chi connectivity index (χ0n) is 23.1. The van der Waals surface area contributed by atoms with Crippen molar-refractivity contribution < 1.29 is 23.0 Å². The summed E-state index contributed by atoms with van der Waals surface area (Å²) in [6.45, 7) is 7.68. The van der Waals surface area contributed by atoms with Gasteiger partial charge in [0.1, 0.15) is 40.6 Å². The third-order valence-electron chi connectivity index (χ3n) is 6.82. The number of benzene rings is 1. The fourth-order valence-electron chi connectivity index (χ4n) is 4.95. The molecule has 4 aromatic rings. The van der Waals surface area contributed by atoms with Crippen molar-refractivity contribution in [2.24, 2.45) is 7.05 Å². The van der Waals surface area contributed by atoms with E-state index in [0.29, 0.717) is 29.9 Å². The van der Waals surface area contributed by atoms with Crippen molar-refractivity contribution >= 4 is 34.0 Å². The monoisotopic (exact) mass is 552 g/mol. The van der Waals surface area contributed by atoms with Gasteiger partial charge < -0.3 is 24.7 Å². The zero-order chi connectivity index (χ0) is 28.9. The second-order valence-corrected chi connectivity index (χ2v) is 10.8. The van der Waals surface area contributed by atoms with Crippen molar-refractivity contribution in [1.29, 1.82) is 0 Å². The highest BCUT2D eigenvalue weighted by atomic mass is 19.1. The summed E-state index contributed by atoms with van der Waals surface area (Å²) in [5, 5.41) is 4.99. The Kier molecular flexibility index (Phi) is 6.83. The predicted molar refractivity (Wildman–Crippen MR) is 143 cm³/mol. The quantitative estimate of drug-likeness (QED) is 0.383. The maximum absolute atomic E-state index is 15.4. The number of nitrogen functional groups attached to an aromatic ring is 1. The van der Waals surface area contributed by atoms with Crippen molar-refractivity contribution in [2.75, 3.05) is 26.0 Å². The fraction of sp³-hybridized carbons (Fsp3) is 0.444. The first kappa shape index (κ1) is 27.3. The first-order chi connectivity index (χ1) is 18.9. The van der Waals surface area contributed by atoms with Crippen LogP contribution in [0.15, 0.2) is 12.4 Å². The van der Waals surface area contributed by atoms with Crippen LogP contribution in [0.1, 0.15) is 50.3 Å². The molecular formula is C27H30F2N8O3. The number of carbonyl (C=O) groups is 1. The molecule has 2 atom stereocenters. The molecule has 0 saturated carbocycles. The van der Waals surface area contributed by atoms with Gasteiger partial charge in [0, 0.05) is 26.8 Å². The number of hydrogen-bond donors (Lipinski definition) is 1. The lowest BCUT2D eigenvalue weighted by Crippen LogP contribution is -2.41. The summed E-state index contributed by atoms with van der Waals surface area (Å²) in [6.07, 6.45) is 1.34. The van der Waals surface area contributed by atoms with Gasteiger partial charge in [-0.05, 0) is 40.0 Å². The van der Waals surface area contributed by atoms with Gasteiger partial charge in [0.05, 0.1) is 35.2 Å². The van der Waals surface area contributed by atoms with Crippen LogP contribution in [0.25, 0.3) is 22.1 Å². The minimum Gasteiger partial charge on any atom is -0.444 e.